The van der Waals surface area contributed by atoms with Crippen molar-refractivity contribution in [2.24, 2.45) is 0 Å². The van der Waals surface area contributed by atoms with Gasteiger partial charge in [0.15, 0.2) is 0 Å². The number of ether oxygens (including phenoxy) is 1. The van der Waals surface area contributed by atoms with Gasteiger partial charge in [0, 0.05) is 16.1 Å². The zero-order valence-corrected chi connectivity index (χ0v) is 14.3. The Labute approximate surface area is 140 Å². The van der Waals surface area contributed by atoms with Gasteiger partial charge in [0.2, 0.25) is 0 Å². The average molecular weight is 345 g/mol. The van der Waals surface area contributed by atoms with Crippen molar-refractivity contribution in [3.05, 3.63) is 62.1 Å². The Balaban J connectivity index is 2.50. The molecule has 0 aliphatic heterocycles. The summed E-state index contributed by atoms with van der Waals surface area (Å²) in [6, 6.07) is 9.38. The third-order valence-corrected chi connectivity index (χ3v) is 4.43. The van der Waals surface area contributed by atoms with E-state index < -0.39 is 0 Å². The standard InChI is InChI=1S/C16H16Cl3NO/c1-9-6-10(4-5-12(9)17)16(20-2)11-7-14(19)15(21-3)8-13(11)18/h4-8,16,20H,1-3H3. The molecule has 0 fully saturated rings. The summed E-state index contributed by atoms with van der Waals surface area (Å²) in [6.07, 6.45) is 0. The van der Waals surface area contributed by atoms with Crippen molar-refractivity contribution < 1.29 is 4.74 Å². The minimum absolute atomic E-state index is 0.0723. The molecule has 0 aliphatic carbocycles. The van der Waals surface area contributed by atoms with Crippen LogP contribution in [0.3, 0.4) is 0 Å². The molecule has 0 saturated heterocycles. The van der Waals surface area contributed by atoms with E-state index in [1.807, 2.05) is 38.2 Å². The molecule has 21 heavy (non-hydrogen) atoms. The van der Waals surface area contributed by atoms with Crippen molar-refractivity contribution in [2.75, 3.05) is 14.2 Å². The molecule has 2 nitrogen and oxygen atoms in total. The average Bonchev–Trinajstić information content (AvgIpc) is 2.46. The Bertz CT molecular complexity index is 658. The largest absolute Gasteiger partial charge is 0.495 e. The van der Waals surface area contributed by atoms with Crippen LogP contribution in [-0.2, 0) is 0 Å². The van der Waals surface area contributed by atoms with Crippen molar-refractivity contribution in [1.82, 2.24) is 5.32 Å². The lowest BCUT2D eigenvalue weighted by molar-refractivity contribution is 0.415. The van der Waals surface area contributed by atoms with Crippen LogP contribution in [0.15, 0.2) is 30.3 Å². The molecule has 0 radical (unpaired) electrons. The van der Waals surface area contributed by atoms with E-state index in [9.17, 15) is 0 Å². The number of hydrogen-bond acceptors (Lipinski definition) is 2. The molecule has 0 aromatic heterocycles. The predicted molar refractivity (Wildman–Crippen MR) is 90.1 cm³/mol. The van der Waals surface area contributed by atoms with Gasteiger partial charge in [-0.15, -0.1) is 0 Å². The fourth-order valence-corrected chi connectivity index (χ4v) is 2.90. The van der Waals surface area contributed by atoms with Gasteiger partial charge in [-0.05, 0) is 42.8 Å². The Morgan fingerprint density at radius 2 is 1.71 bits per heavy atom. The Hall–Kier alpha value is -0.930. The molecular formula is C16H16Cl3NO. The van der Waals surface area contributed by atoms with E-state index in [-0.39, 0.29) is 6.04 Å². The minimum Gasteiger partial charge on any atom is -0.495 e. The van der Waals surface area contributed by atoms with E-state index in [1.165, 1.54) is 0 Å². The molecule has 2 rings (SSSR count). The first kappa shape index (κ1) is 16.4. The van der Waals surface area contributed by atoms with E-state index in [0.717, 1.165) is 21.7 Å². The second-order valence-corrected chi connectivity index (χ2v) is 5.96. The molecule has 0 aliphatic rings. The van der Waals surface area contributed by atoms with E-state index >= 15 is 0 Å². The summed E-state index contributed by atoms with van der Waals surface area (Å²) in [6.45, 7) is 1.97. The number of hydrogen-bond donors (Lipinski definition) is 1. The quantitative estimate of drug-likeness (QED) is 0.815. The number of aryl methyl sites for hydroxylation is 1. The number of benzene rings is 2. The summed E-state index contributed by atoms with van der Waals surface area (Å²) in [5.41, 5.74) is 2.99. The number of methoxy groups -OCH3 is 1. The lowest BCUT2D eigenvalue weighted by Crippen LogP contribution is -2.18. The zero-order chi connectivity index (χ0) is 15.6. The van der Waals surface area contributed by atoms with Crippen molar-refractivity contribution >= 4 is 34.8 Å². The van der Waals surface area contributed by atoms with Crippen molar-refractivity contribution in [3.8, 4) is 5.75 Å². The maximum absolute atomic E-state index is 6.37. The summed E-state index contributed by atoms with van der Waals surface area (Å²) in [4.78, 5) is 0. The van der Waals surface area contributed by atoms with Crippen molar-refractivity contribution in [1.29, 1.82) is 0 Å². The first-order valence-electron chi connectivity index (χ1n) is 6.44. The molecule has 0 bridgehead atoms. The Kier molecular flexibility index (Phi) is 5.39. The third kappa shape index (κ3) is 3.46. The van der Waals surface area contributed by atoms with Crippen LogP contribution in [0.2, 0.25) is 15.1 Å². The van der Waals surface area contributed by atoms with E-state index in [0.29, 0.717) is 15.8 Å². The highest BCUT2D eigenvalue weighted by Gasteiger charge is 2.18. The lowest BCUT2D eigenvalue weighted by Gasteiger charge is -2.20. The lowest BCUT2D eigenvalue weighted by atomic mass is 9.97. The monoisotopic (exact) mass is 343 g/mol. The second kappa shape index (κ2) is 6.89. The molecule has 2 aromatic carbocycles. The first-order chi connectivity index (χ1) is 9.97. The number of rotatable bonds is 4. The van der Waals surface area contributed by atoms with Crippen LogP contribution in [-0.4, -0.2) is 14.2 Å². The van der Waals surface area contributed by atoms with Gasteiger partial charge in [-0.3, -0.25) is 0 Å². The van der Waals surface area contributed by atoms with Crippen LogP contribution in [0, 0.1) is 6.92 Å². The Morgan fingerprint density at radius 1 is 1.00 bits per heavy atom. The molecule has 112 valence electrons. The third-order valence-electron chi connectivity index (χ3n) is 3.39. The topological polar surface area (TPSA) is 21.3 Å². The van der Waals surface area contributed by atoms with Gasteiger partial charge in [-0.2, -0.15) is 0 Å². The molecule has 1 unspecified atom stereocenters. The van der Waals surface area contributed by atoms with Gasteiger partial charge in [-0.1, -0.05) is 46.9 Å². The maximum Gasteiger partial charge on any atom is 0.138 e. The van der Waals surface area contributed by atoms with E-state index in [2.05, 4.69) is 5.32 Å². The molecule has 1 N–H and O–H groups in total. The molecule has 0 saturated carbocycles. The second-order valence-electron chi connectivity index (χ2n) is 4.74. The fourth-order valence-electron chi connectivity index (χ4n) is 2.27. The van der Waals surface area contributed by atoms with Gasteiger partial charge in [0.1, 0.15) is 5.75 Å². The molecule has 5 heteroatoms. The zero-order valence-electron chi connectivity index (χ0n) is 12.0. The highest BCUT2D eigenvalue weighted by Crippen LogP contribution is 2.36. The van der Waals surface area contributed by atoms with Crippen LogP contribution >= 0.6 is 34.8 Å². The molecule has 0 spiro atoms. The maximum atomic E-state index is 6.37. The first-order valence-corrected chi connectivity index (χ1v) is 7.57. The van der Waals surface area contributed by atoms with Crippen LogP contribution in [0.25, 0.3) is 0 Å². The van der Waals surface area contributed by atoms with Gasteiger partial charge < -0.3 is 10.1 Å². The smallest absolute Gasteiger partial charge is 0.138 e. The van der Waals surface area contributed by atoms with Crippen LogP contribution < -0.4 is 10.1 Å². The van der Waals surface area contributed by atoms with E-state index in [4.69, 9.17) is 39.5 Å². The van der Waals surface area contributed by atoms with Gasteiger partial charge in [0.25, 0.3) is 0 Å². The van der Waals surface area contributed by atoms with Gasteiger partial charge in [0.05, 0.1) is 18.2 Å². The summed E-state index contributed by atoms with van der Waals surface area (Å²) in [5, 5.41) is 5.13. The van der Waals surface area contributed by atoms with Crippen LogP contribution in [0.1, 0.15) is 22.7 Å². The fraction of sp³-hybridized carbons (Fsp3) is 0.250. The van der Waals surface area contributed by atoms with Crippen LogP contribution in [0.4, 0.5) is 0 Å². The van der Waals surface area contributed by atoms with Crippen molar-refractivity contribution in [3.63, 3.8) is 0 Å². The summed E-state index contributed by atoms with van der Waals surface area (Å²) >= 11 is 18.7. The number of halogens is 3. The molecular weight excluding hydrogens is 329 g/mol. The normalized spacial score (nSPS) is 12.3. The van der Waals surface area contributed by atoms with E-state index in [1.54, 1.807) is 13.2 Å². The summed E-state index contributed by atoms with van der Waals surface area (Å²) in [7, 11) is 3.44. The molecule has 1 atom stereocenters. The molecule has 0 amide bonds. The van der Waals surface area contributed by atoms with Gasteiger partial charge >= 0.3 is 0 Å². The SMILES string of the molecule is CNC(c1ccc(Cl)c(C)c1)c1cc(Cl)c(OC)cc1Cl. The Morgan fingerprint density at radius 3 is 2.29 bits per heavy atom. The number of nitrogens with one attached hydrogen (secondary N) is 1. The predicted octanol–water partition coefficient (Wildman–Crippen LogP) is 5.27. The molecule has 2 aromatic rings. The highest BCUT2D eigenvalue weighted by molar-refractivity contribution is 6.34. The summed E-state index contributed by atoms with van der Waals surface area (Å²) in [5.74, 6) is 0.563. The minimum atomic E-state index is -0.0723. The highest BCUT2D eigenvalue weighted by atomic mass is 35.5. The van der Waals surface area contributed by atoms with Crippen LogP contribution in [0.5, 0.6) is 5.75 Å². The van der Waals surface area contributed by atoms with Crippen molar-refractivity contribution in [2.45, 2.75) is 13.0 Å². The molecule has 0 heterocycles. The van der Waals surface area contributed by atoms with Gasteiger partial charge in [-0.25, -0.2) is 0 Å². The summed E-state index contributed by atoms with van der Waals surface area (Å²) < 4.78 is 5.18.